The van der Waals surface area contributed by atoms with Gasteiger partial charge in [-0.05, 0) is 66.3 Å². The Hall–Kier alpha value is -3.02. The van der Waals surface area contributed by atoms with E-state index in [0.717, 1.165) is 68.9 Å². The fourth-order valence-electron chi connectivity index (χ4n) is 5.86. The van der Waals surface area contributed by atoms with Crippen molar-refractivity contribution in [2.24, 2.45) is 11.3 Å². The minimum absolute atomic E-state index is 0.127. The molecule has 6 heteroatoms. The van der Waals surface area contributed by atoms with Gasteiger partial charge in [0.15, 0.2) is 11.5 Å². The largest absolute Gasteiger partial charge is 0.454 e. The van der Waals surface area contributed by atoms with Gasteiger partial charge in [-0.15, -0.1) is 0 Å². The molecular weight excluding hydrogens is 416 g/mol. The number of carbonyl (C=O) groups excluding carboxylic acids is 2. The Balaban J connectivity index is 0.996. The lowest BCUT2D eigenvalue weighted by Crippen LogP contribution is -2.42. The Kier molecular flexibility index (Phi) is 5.04. The summed E-state index contributed by atoms with van der Waals surface area (Å²) in [6.07, 6.45) is 5.04. The van der Waals surface area contributed by atoms with Crippen LogP contribution in [0.3, 0.4) is 0 Å². The normalized spacial score (nSPS) is 22.2. The topological polar surface area (TPSA) is 59.1 Å². The number of carbonyl (C=O) groups is 2. The van der Waals surface area contributed by atoms with Gasteiger partial charge in [0.05, 0.1) is 0 Å². The Morgan fingerprint density at radius 1 is 0.939 bits per heavy atom. The van der Waals surface area contributed by atoms with E-state index in [1.807, 2.05) is 23.1 Å². The standard InChI is InChI=1S/C27H30N2O4/c30-25(8-6-19-5-7-23-24(15-19)33-18-32-23)28-13-10-27(11-14-28)16-22(27)26(31)29-12-9-20-3-1-2-4-21(20)17-29/h1-5,7,15,22H,6,8-14,16-18H2. The number of nitrogens with zero attached hydrogens (tertiary/aromatic N) is 2. The molecule has 0 radical (unpaired) electrons. The number of hydrogen-bond acceptors (Lipinski definition) is 4. The minimum Gasteiger partial charge on any atom is -0.454 e. The molecule has 1 saturated carbocycles. The number of hydrogen-bond donors (Lipinski definition) is 0. The van der Waals surface area contributed by atoms with Crippen molar-refractivity contribution in [2.45, 2.75) is 45.1 Å². The summed E-state index contributed by atoms with van der Waals surface area (Å²) < 4.78 is 10.8. The zero-order valence-corrected chi connectivity index (χ0v) is 18.9. The lowest BCUT2D eigenvalue weighted by atomic mass is 9.89. The van der Waals surface area contributed by atoms with Gasteiger partial charge < -0.3 is 19.3 Å². The van der Waals surface area contributed by atoms with Crippen molar-refractivity contribution in [1.82, 2.24) is 9.80 Å². The fraction of sp³-hybridized carbons (Fsp3) is 0.481. The van der Waals surface area contributed by atoms with Gasteiger partial charge in [0.1, 0.15) is 0 Å². The van der Waals surface area contributed by atoms with Crippen LogP contribution < -0.4 is 9.47 Å². The summed E-state index contributed by atoms with van der Waals surface area (Å²) >= 11 is 0. The molecule has 0 N–H and O–H groups in total. The molecule has 1 aliphatic carbocycles. The maximum atomic E-state index is 13.2. The maximum absolute atomic E-state index is 13.2. The molecule has 1 unspecified atom stereocenters. The molecule has 1 spiro atoms. The molecule has 1 saturated heterocycles. The second-order valence-corrected chi connectivity index (χ2v) is 9.97. The first kappa shape index (κ1) is 20.6. The smallest absolute Gasteiger partial charge is 0.231 e. The lowest BCUT2D eigenvalue weighted by Gasteiger charge is -2.34. The van der Waals surface area contributed by atoms with Crippen molar-refractivity contribution >= 4 is 11.8 Å². The number of aryl methyl sites for hydroxylation is 1. The predicted molar refractivity (Wildman–Crippen MR) is 123 cm³/mol. The van der Waals surface area contributed by atoms with Crippen LogP contribution >= 0.6 is 0 Å². The quantitative estimate of drug-likeness (QED) is 0.721. The SMILES string of the molecule is O=C(CCc1ccc2c(c1)OCO2)N1CCC2(CC1)CC2C(=O)N1CCc2ccccc2C1. The summed E-state index contributed by atoms with van der Waals surface area (Å²) in [7, 11) is 0. The number of likely N-dealkylation sites (tertiary alicyclic amines) is 1. The molecule has 2 fully saturated rings. The maximum Gasteiger partial charge on any atom is 0.231 e. The molecule has 4 aliphatic rings. The van der Waals surface area contributed by atoms with E-state index in [9.17, 15) is 9.59 Å². The summed E-state index contributed by atoms with van der Waals surface area (Å²) in [6.45, 7) is 3.37. The third-order valence-electron chi connectivity index (χ3n) is 8.11. The van der Waals surface area contributed by atoms with Crippen LogP contribution in [-0.2, 0) is 29.0 Å². The molecule has 1 atom stereocenters. The number of rotatable bonds is 4. The zero-order valence-electron chi connectivity index (χ0n) is 18.9. The average Bonchev–Trinajstić information content (AvgIpc) is 3.33. The summed E-state index contributed by atoms with van der Waals surface area (Å²) in [5.74, 6) is 2.22. The highest BCUT2D eigenvalue weighted by molar-refractivity contribution is 5.83. The van der Waals surface area contributed by atoms with Gasteiger partial charge in [-0.2, -0.15) is 0 Å². The molecule has 3 heterocycles. The summed E-state index contributed by atoms with van der Waals surface area (Å²) in [6, 6.07) is 14.4. The highest BCUT2D eigenvalue weighted by Gasteiger charge is 2.59. The number of piperidine rings is 1. The van der Waals surface area contributed by atoms with Gasteiger partial charge in [-0.3, -0.25) is 9.59 Å². The molecule has 0 bridgehead atoms. The Morgan fingerprint density at radius 3 is 2.58 bits per heavy atom. The van der Waals surface area contributed by atoms with E-state index >= 15 is 0 Å². The van der Waals surface area contributed by atoms with E-state index in [1.165, 1.54) is 11.1 Å². The third kappa shape index (κ3) is 3.85. The summed E-state index contributed by atoms with van der Waals surface area (Å²) in [4.78, 5) is 30.1. The van der Waals surface area contributed by atoms with Crippen molar-refractivity contribution in [3.8, 4) is 11.5 Å². The summed E-state index contributed by atoms with van der Waals surface area (Å²) in [5.41, 5.74) is 3.88. The molecule has 172 valence electrons. The fourth-order valence-corrected chi connectivity index (χ4v) is 5.86. The molecule has 0 aromatic heterocycles. The highest BCUT2D eigenvalue weighted by Crippen LogP contribution is 2.60. The second-order valence-electron chi connectivity index (χ2n) is 9.97. The lowest BCUT2D eigenvalue weighted by molar-refractivity contribution is -0.135. The van der Waals surface area contributed by atoms with Gasteiger partial charge in [0, 0.05) is 38.5 Å². The van der Waals surface area contributed by atoms with Gasteiger partial charge in [0.2, 0.25) is 18.6 Å². The average molecular weight is 447 g/mol. The molecule has 2 aromatic rings. The van der Waals surface area contributed by atoms with Crippen LogP contribution in [0.5, 0.6) is 11.5 Å². The van der Waals surface area contributed by atoms with Crippen LogP contribution in [0, 0.1) is 11.3 Å². The van der Waals surface area contributed by atoms with Crippen LogP contribution in [0.25, 0.3) is 0 Å². The van der Waals surface area contributed by atoms with Crippen LogP contribution in [0.1, 0.15) is 42.4 Å². The van der Waals surface area contributed by atoms with Crippen LogP contribution in [0.2, 0.25) is 0 Å². The highest BCUT2D eigenvalue weighted by atomic mass is 16.7. The molecule has 33 heavy (non-hydrogen) atoms. The first-order valence-corrected chi connectivity index (χ1v) is 12.1. The van der Waals surface area contributed by atoms with Crippen LogP contribution in [0.4, 0.5) is 0 Å². The molecule has 6 nitrogen and oxygen atoms in total. The van der Waals surface area contributed by atoms with Gasteiger partial charge in [0.25, 0.3) is 0 Å². The Labute approximate surface area is 194 Å². The first-order valence-electron chi connectivity index (χ1n) is 12.1. The second kappa shape index (κ2) is 8.08. The van der Waals surface area contributed by atoms with Gasteiger partial charge in [-0.25, -0.2) is 0 Å². The number of benzene rings is 2. The molecule has 6 rings (SSSR count). The monoisotopic (exact) mass is 446 g/mol. The van der Waals surface area contributed by atoms with Crippen LogP contribution in [-0.4, -0.2) is 48.0 Å². The number of fused-ring (bicyclic) bond motifs is 2. The summed E-state index contributed by atoms with van der Waals surface area (Å²) in [5, 5.41) is 0. The first-order chi connectivity index (χ1) is 16.1. The van der Waals surface area contributed by atoms with E-state index in [0.29, 0.717) is 18.7 Å². The van der Waals surface area contributed by atoms with Crippen molar-refractivity contribution in [1.29, 1.82) is 0 Å². The number of amides is 2. The van der Waals surface area contributed by atoms with Crippen molar-refractivity contribution in [3.63, 3.8) is 0 Å². The number of ether oxygens (including phenoxy) is 2. The van der Waals surface area contributed by atoms with Crippen molar-refractivity contribution < 1.29 is 19.1 Å². The molecule has 2 aromatic carbocycles. The zero-order chi connectivity index (χ0) is 22.4. The van der Waals surface area contributed by atoms with E-state index in [2.05, 4.69) is 29.2 Å². The Bertz CT molecular complexity index is 1090. The van der Waals surface area contributed by atoms with Crippen molar-refractivity contribution in [2.75, 3.05) is 26.4 Å². The minimum atomic E-state index is 0.127. The third-order valence-corrected chi connectivity index (χ3v) is 8.11. The Morgan fingerprint density at radius 2 is 1.73 bits per heavy atom. The predicted octanol–water partition coefficient (Wildman–Crippen LogP) is 3.56. The van der Waals surface area contributed by atoms with Crippen molar-refractivity contribution in [3.05, 3.63) is 59.2 Å². The van der Waals surface area contributed by atoms with Gasteiger partial charge >= 0.3 is 0 Å². The van der Waals surface area contributed by atoms with E-state index in [-0.39, 0.29) is 24.0 Å². The van der Waals surface area contributed by atoms with E-state index < -0.39 is 0 Å². The molecular formula is C27H30N2O4. The van der Waals surface area contributed by atoms with E-state index in [1.54, 1.807) is 0 Å². The van der Waals surface area contributed by atoms with E-state index in [4.69, 9.17) is 9.47 Å². The molecule has 3 aliphatic heterocycles. The van der Waals surface area contributed by atoms with Gasteiger partial charge in [-0.1, -0.05) is 30.3 Å². The van der Waals surface area contributed by atoms with Crippen LogP contribution in [0.15, 0.2) is 42.5 Å². The molecule has 2 amide bonds.